The van der Waals surface area contributed by atoms with Crippen molar-refractivity contribution < 1.29 is 14.3 Å². The number of ether oxygens (including phenoxy) is 1. The van der Waals surface area contributed by atoms with Gasteiger partial charge < -0.3 is 19.5 Å². The molecular formula is C25H27ClN4O4. The summed E-state index contributed by atoms with van der Waals surface area (Å²) in [5.74, 6) is -0.119. The van der Waals surface area contributed by atoms with Crippen LogP contribution in [-0.2, 0) is 16.1 Å². The van der Waals surface area contributed by atoms with E-state index in [-0.39, 0.29) is 29.8 Å². The summed E-state index contributed by atoms with van der Waals surface area (Å²) in [7, 11) is 1.58. The van der Waals surface area contributed by atoms with E-state index in [0.29, 0.717) is 60.0 Å². The highest BCUT2D eigenvalue weighted by molar-refractivity contribution is 6.30. The van der Waals surface area contributed by atoms with Crippen LogP contribution in [0.15, 0.2) is 53.3 Å². The highest BCUT2D eigenvalue weighted by Crippen LogP contribution is 2.22. The molecule has 0 aliphatic carbocycles. The summed E-state index contributed by atoms with van der Waals surface area (Å²) < 4.78 is 5.21. The van der Waals surface area contributed by atoms with Crippen LogP contribution in [0.25, 0.3) is 10.9 Å². The van der Waals surface area contributed by atoms with Crippen LogP contribution in [-0.4, -0.2) is 64.9 Å². The molecule has 2 amide bonds. The fraction of sp³-hybridized carbons (Fsp3) is 0.360. The Morgan fingerprint density at radius 1 is 1.21 bits per heavy atom. The smallest absolute Gasteiger partial charge is 0.258 e. The molecule has 34 heavy (non-hydrogen) atoms. The number of carbonyl (C=O) groups is 2. The summed E-state index contributed by atoms with van der Waals surface area (Å²) >= 11 is 5.94. The van der Waals surface area contributed by atoms with E-state index in [1.165, 1.54) is 0 Å². The standard InChI is InChI=1S/C25H27ClN4O4/c1-34-14-13-30(16-22-27-21-7-3-2-6-20(21)23(31)28-22)25(33)18-5-4-12-29(15-18)24(32)17-8-10-19(26)11-9-17/h2-3,6-11,18H,4-5,12-16H2,1H3,(H,27,28,31)/t18-/m1/s1. The summed E-state index contributed by atoms with van der Waals surface area (Å²) in [6.07, 6.45) is 1.42. The molecule has 1 saturated heterocycles. The third kappa shape index (κ3) is 5.46. The zero-order valence-electron chi connectivity index (χ0n) is 19.0. The summed E-state index contributed by atoms with van der Waals surface area (Å²) in [4.78, 5) is 49.6. The number of methoxy groups -OCH3 is 1. The fourth-order valence-electron chi connectivity index (χ4n) is 4.26. The summed E-state index contributed by atoms with van der Waals surface area (Å²) in [6.45, 7) is 1.80. The third-order valence-corrected chi connectivity index (χ3v) is 6.28. The van der Waals surface area contributed by atoms with Crippen molar-refractivity contribution in [2.75, 3.05) is 33.4 Å². The van der Waals surface area contributed by atoms with Gasteiger partial charge in [0.2, 0.25) is 5.91 Å². The SMILES string of the molecule is COCCN(Cc1nc2ccccc2c(=O)[nH]1)C(=O)[C@@H]1CCCN(C(=O)c2ccc(Cl)cc2)C1. The molecule has 2 heterocycles. The number of amides is 2. The predicted octanol–water partition coefficient (Wildman–Crippen LogP) is 3.10. The maximum Gasteiger partial charge on any atom is 0.258 e. The number of aromatic nitrogens is 2. The number of aromatic amines is 1. The Kier molecular flexibility index (Phi) is 7.59. The molecule has 1 fully saturated rings. The largest absolute Gasteiger partial charge is 0.383 e. The molecule has 9 heteroatoms. The first kappa shape index (κ1) is 23.9. The van der Waals surface area contributed by atoms with Gasteiger partial charge in [0, 0.05) is 37.3 Å². The molecule has 0 unspecified atom stereocenters. The van der Waals surface area contributed by atoms with Crippen molar-refractivity contribution in [3.8, 4) is 0 Å². The number of H-pyrrole nitrogens is 1. The second kappa shape index (κ2) is 10.8. The number of hydrogen-bond acceptors (Lipinski definition) is 5. The van der Waals surface area contributed by atoms with E-state index in [4.69, 9.17) is 16.3 Å². The molecule has 2 aromatic carbocycles. The lowest BCUT2D eigenvalue weighted by atomic mass is 9.95. The van der Waals surface area contributed by atoms with Gasteiger partial charge in [0.15, 0.2) is 0 Å². The molecule has 1 atom stereocenters. The normalized spacial score (nSPS) is 15.9. The zero-order chi connectivity index (χ0) is 24.1. The van der Waals surface area contributed by atoms with Crippen molar-refractivity contribution in [2.45, 2.75) is 19.4 Å². The molecule has 1 aromatic heterocycles. The molecule has 1 aliphatic rings. The molecule has 4 rings (SSSR count). The van der Waals surface area contributed by atoms with Gasteiger partial charge >= 0.3 is 0 Å². The Bertz CT molecular complexity index is 1230. The Balaban J connectivity index is 1.51. The van der Waals surface area contributed by atoms with Gasteiger partial charge in [-0.05, 0) is 49.2 Å². The summed E-state index contributed by atoms with van der Waals surface area (Å²) in [5.41, 5.74) is 0.890. The Morgan fingerprint density at radius 3 is 2.74 bits per heavy atom. The number of nitrogens with one attached hydrogen (secondary N) is 1. The van der Waals surface area contributed by atoms with E-state index < -0.39 is 0 Å². The molecule has 0 spiro atoms. The van der Waals surface area contributed by atoms with Crippen LogP contribution in [0.1, 0.15) is 29.0 Å². The van der Waals surface area contributed by atoms with Crippen LogP contribution >= 0.6 is 11.6 Å². The molecule has 178 valence electrons. The number of nitrogens with zero attached hydrogens (tertiary/aromatic N) is 3. The van der Waals surface area contributed by atoms with E-state index in [2.05, 4.69) is 9.97 Å². The van der Waals surface area contributed by atoms with Gasteiger partial charge in [-0.25, -0.2) is 4.98 Å². The monoisotopic (exact) mass is 482 g/mol. The van der Waals surface area contributed by atoms with Crippen LogP contribution in [0.3, 0.4) is 0 Å². The van der Waals surface area contributed by atoms with Crippen LogP contribution in [0.4, 0.5) is 0 Å². The van der Waals surface area contributed by atoms with Crippen LogP contribution in [0, 0.1) is 5.92 Å². The second-order valence-electron chi connectivity index (χ2n) is 8.38. The zero-order valence-corrected chi connectivity index (χ0v) is 19.8. The second-order valence-corrected chi connectivity index (χ2v) is 8.82. The number of rotatable bonds is 7. The van der Waals surface area contributed by atoms with E-state index in [9.17, 15) is 14.4 Å². The number of carbonyl (C=O) groups excluding carboxylic acids is 2. The van der Waals surface area contributed by atoms with Gasteiger partial charge in [-0.2, -0.15) is 0 Å². The summed E-state index contributed by atoms with van der Waals surface area (Å²) in [5, 5.41) is 1.07. The first-order valence-corrected chi connectivity index (χ1v) is 11.6. The molecule has 0 radical (unpaired) electrons. The minimum absolute atomic E-state index is 0.0820. The van der Waals surface area contributed by atoms with Crippen LogP contribution in [0.2, 0.25) is 5.02 Å². The number of piperidine rings is 1. The van der Waals surface area contributed by atoms with E-state index >= 15 is 0 Å². The number of hydrogen-bond donors (Lipinski definition) is 1. The lowest BCUT2D eigenvalue weighted by Gasteiger charge is -2.35. The quantitative estimate of drug-likeness (QED) is 0.558. The molecular weight excluding hydrogens is 456 g/mol. The van der Waals surface area contributed by atoms with E-state index in [1.807, 2.05) is 6.07 Å². The Morgan fingerprint density at radius 2 is 1.97 bits per heavy atom. The number of halogens is 1. The van der Waals surface area contributed by atoms with Gasteiger partial charge in [0.25, 0.3) is 11.5 Å². The van der Waals surface area contributed by atoms with Crippen molar-refractivity contribution >= 4 is 34.3 Å². The average Bonchev–Trinajstić information content (AvgIpc) is 2.86. The Hall–Kier alpha value is -3.23. The van der Waals surface area contributed by atoms with Crippen LogP contribution in [0.5, 0.6) is 0 Å². The first-order chi connectivity index (χ1) is 16.5. The van der Waals surface area contributed by atoms with Gasteiger partial charge in [0.05, 0.1) is 30.0 Å². The summed E-state index contributed by atoms with van der Waals surface area (Å²) in [6, 6.07) is 13.9. The van der Waals surface area contributed by atoms with Gasteiger partial charge in [-0.3, -0.25) is 14.4 Å². The van der Waals surface area contributed by atoms with E-state index in [1.54, 1.807) is 59.4 Å². The van der Waals surface area contributed by atoms with Gasteiger partial charge in [-0.1, -0.05) is 23.7 Å². The first-order valence-electron chi connectivity index (χ1n) is 11.3. The minimum atomic E-state index is -0.339. The lowest BCUT2D eigenvalue weighted by Crippen LogP contribution is -2.47. The number of fused-ring (bicyclic) bond motifs is 1. The average molecular weight is 483 g/mol. The van der Waals surface area contributed by atoms with Crippen molar-refractivity contribution in [1.29, 1.82) is 0 Å². The third-order valence-electron chi connectivity index (χ3n) is 6.03. The number of benzene rings is 2. The molecule has 3 aromatic rings. The van der Waals surface area contributed by atoms with Gasteiger partial charge in [0.1, 0.15) is 5.82 Å². The highest BCUT2D eigenvalue weighted by atomic mass is 35.5. The molecule has 1 aliphatic heterocycles. The Labute approximate surface area is 202 Å². The predicted molar refractivity (Wildman–Crippen MR) is 130 cm³/mol. The minimum Gasteiger partial charge on any atom is -0.383 e. The highest BCUT2D eigenvalue weighted by Gasteiger charge is 2.32. The molecule has 0 bridgehead atoms. The number of para-hydroxylation sites is 1. The van der Waals surface area contributed by atoms with E-state index in [0.717, 1.165) is 6.42 Å². The van der Waals surface area contributed by atoms with Crippen molar-refractivity contribution in [3.63, 3.8) is 0 Å². The molecule has 1 N–H and O–H groups in total. The lowest BCUT2D eigenvalue weighted by molar-refractivity contribution is -0.138. The maximum atomic E-state index is 13.5. The topological polar surface area (TPSA) is 95.6 Å². The van der Waals surface area contributed by atoms with Gasteiger partial charge in [-0.15, -0.1) is 0 Å². The molecule has 0 saturated carbocycles. The molecule has 8 nitrogen and oxygen atoms in total. The fourth-order valence-corrected chi connectivity index (χ4v) is 4.38. The van der Waals surface area contributed by atoms with Crippen molar-refractivity contribution in [3.05, 3.63) is 75.3 Å². The van der Waals surface area contributed by atoms with Crippen molar-refractivity contribution in [2.24, 2.45) is 5.92 Å². The maximum absolute atomic E-state index is 13.5. The van der Waals surface area contributed by atoms with Crippen LogP contribution < -0.4 is 5.56 Å². The van der Waals surface area contributed by atoms with Crippen molar-refractivity contribution in [1.82, 2.24) is 19.8 Å². The number of likely N-dealkylation sites (tertiary alicyclic amines) is 1.